The van der Waals surface area contributed by atoms with Gasteiger partial charge in [-0.15, -0.1) is 22.1 Å². The van der Waals surface area contributed by atoms with Crippen molar-refractivity contribution in [3.63, 3.8) is 0 Å². The number of hydrogen-bond donors (Lipinski definition) is 1. The number of aliphatic carboxylic acids is 1. The van der Waals surface area contributed by atoms with Crippen LogP contribution in [0.2, 0.25) is 0 Å². The predicted octanol–water partition coefficient (Wildman–Crippen LogP) is 17.5. The average Bonchev–Trinajstić information content (AvgIpc) is 3.62. The third-order valence-electron chi connectivity index (χ3n) is 15.4. The normalized spacial score (nSPS) is 12.9. The van der Waals surface area contributed by atoms with Crippen LogP contribution in [0.15, 0.2) is 199 Å². The third kappa shape index (κ3) is 12.6. The van der Waals surface area contributed by atoms with E-state index in [9.17, 15) is 14.7 Å². The van der Waals surface area contributed by atoms with Crippen molar-refractivity contribution in [2.24, 2.45) is 0 Å². The van der Waals surface area contributed by atoms with E-state index in [-0.39, 0.29) is 23.8 Å². The molecule has 0 saturated carbocycles. The molecule has 1 saturated heterocycles. The maximum absolute atomic E-state index is 13.1. The van der Waals surface area contributed by atoms with Crippen molar-refractivity contribution in [2.75, 3.05) is 11.4 Å². The molecular weight excluding hydrogens is 1190 g/mol. The maximum atomic E-state index is 13.1. The van der Waals surface area contributed by atoms with Gasteiger partial charge in [-0.05, 0) is 163 Å². The third-order valence-corrected chi connectivity index (χ3v) is 16.8. The molecule has 10 aromatic rings. The van der Waals surface area contributed by atoms with Crippen molar-refractivity contribution < 1.29 is 34.2 Å². The number of amides is 1. The first-order valence-electron chi connectivity index (χ1n) is 28.9. The molecule has 0 atom stereocenters. The molecule has 1 N–H and O–H groups in total. The van der Waals surface area contributed by atoms with Crippen LogP contribution in [-0.2, 0) is 29.1 Å². The number of hydrogen-bond acceptors (Lipinski definition) is 7. The van der Waals surface area contributed by atoms with Crippen LogP contribution in [0.5, 0.6) is 0 Å². The molecule has 1 amide bonds. The minimum atomic E-state index is -1.13. The number of rotatable bonds is 11. The van der Waals surface area contributed by atoms with Crippen molar-refractivity contribution in [3.05, 3.63) is 283 Å². The van der Waals surface area contributed by atoms with Gasteiger partial charge in [0, 0.05) is 22.5 Å². The van der Waals surface area contributed by atoms with Crippen molar-refractivity contribution >= 4 is 121 Å². The van der Waals surface area contributed by atoms with E-state index >= 15 is 0 Å². The summed E-state index contributed by atoms with van der Waals surface area (Å²) in [5.41, 5.74) is 24.1. The summed E-state index contributed by atoms with van der Waals surface area (Å²) in [5.74, 6) is 5.36. The van der Waals surface area contributed by atoms with Crippen LogP contribution < -0.4 is 14.9 Å². The van der Waals surface area contributed by atoms with Crippen LogP contribution >= 0.6 is 24.0 Å². The molecule has 89 heavy (non-hydrogen) atoms. The van der Waals surface area contributed by atoms with Gasteiger partial charge in [-0.25, -0.2) is 9.97 Å². The first kappa shape index (κ1) is 59.3. The smallest absolute Gasteiger partial charge is 0.656 e. The van der Waals surface area contributed by atoms with Gasteiger partial charge in [-0.3, -0.25) is 14.5 Å². The van der Waals surface area contributed by atoms with E-state index in [1.54, 1.807) is 6.08 Å². The van der Waals surface area contributed by atoms with Gasteiger partial charge in [0.15, 0.2) is 0 Å². The van der Waals surface area contributed by atoms with Crippen LogP contribution in [0.4, 0.5) is 17.1 Å². The first-order chi connectivity index (χ1) is 42.7. The van der Waals surface area contributed by atoms with E-state index in [1.165, 1.54) is 0 Å². The fourth-order valence-corrected chi connectivity index (χ4v) is 12.9. The van der Waals surface area contributed by atoms with Gasteiger partial charge in [-0.2, -0.15) is 0 Å². The maximum Gasteiger partial charge on any atom is 2.00 e. The van der Waals surface area contributed by atoms with Crippen LogP contribution in [0.25, 0.3) is 86.3 Å². The summed E-state index contributed by atoms with van der Waals surface area (Å²) in [5, 5.41) is 9.36. The Bertz CT molecular complexity index is 4740. The Morgan fingerprint density at radius 1 is 0.562 bits per heavy atom. The van der Waals surface area contributed by atoms with Gasteiger partial charge in [0.05, 0.1) is 33.4 Å². The minimum absolute atomic E-state index is 0. The summed E-state index contributed by atoms with van der Waals surface area (Å²) in [6, 6.07) is 67.3. The molecule has 6 heterocycles. The molecule has 3 aromatic heterocycles. The topological polar surface area (TPSA) is 115 Å². The molecule has 0 spiro atoms. The van der Waals surface area contributed by atoms with Crippen LogP contribution in [0.1, 0.15) is 84.0 Å². The SMILES string of the molecule is Cc1cc(C)cc(-c2c3nc(c(N(c4ccc(C=C(c5ccccc5)c5ccccc5)cc4)c4cccc(C)c4)c4ccc([n-]4)c(-c4cc(C)cc(C)c4)c4nc(c(C#Cc5ccc(C=C6SC(=S)N(CC(=O)O)C6=O)cc5)c5ccc2[n-]5)C=C4)C=C3)c1.[Zn+2]. The number of carboxylic acids is 1. The van der Waals surface area contributed by atoms with Gasteiger partial charge in [-0.1, -0.05) is 216 Å². The quantitative estimate of drug-likeness (QED) is 0.0441. The molecule has 7 aromatic carbocycles. The van der Waals surface area contributed by atoms with Gasteiger partial charge in [0.2, 0.25) is 0 Å². The number of thioether (sulfide) groups is 1. The predicted molar refractivity (Wildman–Crippen MR) is 366 cm³/mol. The monoisotopic (exact) mass is 1240 g/mol. The zero-order valence-electron chi connectivity index (χ0n) is 49.6. The molecule has 0 aliphatic carbocycles. The van der Waals surface area contributed by atoms with E-state index in [1.807, 2.05) is 60.7 Å². The van der Waals surface area contributed by atoms with E-state index in [2.05, 4.69) is 215 Å². The molecule has 3 aliphatic heterocycles. The van der Waals surface area contributed by atoms with Gasteiger partial charge in [0.1, 0.15) is 10.9 Å². The van der Waals surface area contributed by atoms with Crippen molar-refractivity contribution in [2.45, 2.75) is 34.6 Å². The summed E-state index contributed by atoms with van der Waals surface area (Å²) in [7, 11) is 0. The molecule has 3 aliphatic rings. The number of thiocarbonyl (C=S) groups is 1. The number of nitrogens with zero attached hydrogens (tertiary/aromatic N) is 6. The molecule has 8 bridgehead atoms. The molecular formula is C77H56N6O3S2Zn. The second kappa shape index (κ2) is 25.4. The van der Waals surface area contributed by atoms with Gasteiger partial charge in [0.25, 0.3) is 5.91 Å². The second-order valence-corrected chi connectivity index (χ2v) is 23.9. The Balaban J connectivity index is 0.00000769. The number of aromatic nitrogens is 4. The van der Waals surface area contributed by atoms with E-state index < -0.39 is 18.4 Å². The van der Waals surface area contributed by atoms with E-state index in [0.717, 1.165) is 151 Å². The fraction of sp³-hybridized carbons (Fsp3) is 0.0779. The molecule has 12 heteroatoms. The average molecular weight is 1240 g/mol. The number of carbonyl (C=O) groups is 2. The van der Waals surface area contributed by atoms with Gasteiger partial charge < -0.3 is 20.0 Å². The summed E-state index contributed by atoms with van der Waals surface area (Å²) in [6.07, 6.45) is 12.2. The second-order valence-electron chi connectivity index (χ2n) is 22.2. The number of carbonyl (C=O) groups excluding carboxylic acids is 1. The minimum Gasteiger partial charge on any atom is -0.656 e. The summed E-state index contributed by atoms with van der Waals surface area (Å²) >= 11 is 6.42. The largest absolute Gasteiger partial charge is 2.00 e. The Labute approximate surface area is 539 Å². The number of fused-ring (bicyclic) bond motifs is 8. The molecule has 9 nitrogen and oxygen atoms in total. The summed E-state index contributed by atoms with van der Waals surface area (Å²) in [4.78, 5) is 50.6. The molecule has 13 rings (SSSR count). The number of aryl methyl sites for hydroxylation is 5. The first-order valence-corrected chi connectivity index (χ1v) is 30.1. The number of carboxylic acid groups (broad SMARTS) is 1. The Morgan fingerprint density at radius 2 is 1.09 bits per heavy atom. The Morgan fingerprint density at radius 3 is 1.67 bits per heavy atom. The fourth-order valence-electron chi connectivity index (χ4n) is 11.6. The Hall–Kier alpha value is -10.0. The van der Waals surface area contributed by atoms with Crippen molar-refractivity contribution in [1.82, 2.24) is 24.8 Å². The molecule has 1 fully saturated rings. The summed E-state index contributed by atoms with van der Waals surface area (Å²) < 4.78 is 0.211. The molecule has 0 unspecified atom stereocenters. The molecule has 426 valence electrons. The van der Waals surface area contributed by atoms with E-state index in [0.29, 0.717) is 21.7 Å². The van der Waals surface area contributed by atoms with Crippen LogP contribution in [0.3, 0.4) is 0 Å². The van der Waals surface area contributed by atoms with Crippen LogP contribution in [-0.4, -0.2) is 42.7 Å². The van der Waals surface area contributed by atoms with Crippen molar-refractivity contribution in [3.8, 4) is 34.1 Å². The van der Waals surface area contributed by atoms with Gasteiger partial charge >= 0.3 is 25.4 Å². The zero-order valence-corrected chi connectivity index (χ0v) is 54.2. The number of benzene rings is 7. The number of anilines is 3. The standard InChI is InChI=1S/C77H58N6O3S2.Zn/c1-47-13-12-18-60(43-47)83(59-26-23-53(24-27-59)44-62(55-14-8-6-9-15-55)56-16-10-7-11-17-56)75-69-35-33-67(80-69)73(57-39-48(2)37-49(3)40-57)65-31-29-63(78-65)61(28-25-52-19-21-54(22-20-52)45-71-76(86)82(46-72(84)85)77(87)88-71)64-30-32-66(79-64)74(68-34-36-70(75)81-68)58-41-50(4)38-51(5)42-58;/h6-24,26-27,29-45H,46H2,1-5H3,(H3,78,79,80,81,84,85,86);/q;+2/p-2. The van der Waals surface area contributed by atoms with Crippen LogP contribution in [0, 0.1) is 46.5 Å². The van der Waals surface area contributed by atoms with E-state index in [4.69, 9.17) is 32.2 Å². The van der Waals surface area contributed by atoms with Crippen molar-refractivity contribution in [1.29, 1.82) is 0 Å². The zero-order chi connectivity index (χ0) is 60.6. The molecule has 0 radical (unpaired) electrons. The summed E-state index contributed by atoms with van der Waals surface area (Å²) in [6.45, 7) is 10.1. The Kier molecular flexibility index (Phi) is 16.9.